The number of aryl methyl sites for hydroxylation is 1. The van der Waals surface area contributed by atoms with Gasteiger partial charge in [-0.05, 0) is 37.3 Å². The Labute approximate surface area is 170 Å². The van der Waals surface area contributed by atoms with E-state index in [1.54, 1.807) is 4.57 Å². The first-order valence-electron chi connectivity index (χ1n) is 10.6. The molecule has 1 aliphatic rings. The zero-order valence-electron chi connectivity index (χ0n) is 17.3. The lowest BCUT2D eigenvalue weighted by atomic mass is 9.88. The summed E-state index contributed by atoms with van der Waals surface area (Å²) in [6.07, 6.45) is 5.63. The molecule has 0 saturated heterocycles. The van der Waals surface area contributed by atoms with Gasteiger partial charge in [0.05, 0.1) is 17.6 Å². The van der Waals surface area contributed by atoms with Crippen molar-refractivity contribution in [2.24, 2.45) is 11.8 Å². The number of carbonyl (C=O) groups excluding carboxylic acids is 2. The third-order valence-corrected chi connectivity index (χ3v) is 5.65. The van der Waals surface area contributed by atoms with Gasteiger partial charge >= 0.3 is 11.7 Å². The van der Waals surface area contributed by atoms with Gasteiger partial charge in [0, 0.05) is 12.5 Å². The van der Waals surface area contributed by atoms with E-state index >= 15 is 0 Å². The number of aromatic nitrogens is 2. The summed E-state index contributed by atoms with van der Waals surface area (Å²) in [5, 5.41) is 2.90. The van der Waals surface area contributed by atoms with Crippen LogP contribution in [0, 0.1) is 11.8 Å². The zero-order chi connectivity index (χ0) is 20.8. The third-order valence-electron chi connectivity index (χ3n) is 5.65. The topological polar surface area (TPSA) is 93.2 Å². The second kappa shape index (κ2) is 9.76. The van der Waals surface area contributed by atoms with E-state index in [1.807, 2.05) is 38.1 Å². The minimum Gasteiger partial charge on any atom is -0.464 e. The first kappa shape index (κ1) is 21.1. The summed E-state index contributed by atoms with van der Waals surface area (Å²) in [7, 11) is 0. The van der Waals surface area contributed by atoms with Gasteiger partial charge in [0.1, 0.15) is 6.04 Å². The van der Waals surface area contributed by atoms with Crippen LogP contribution >= 0.6 is 0 Å². The number of nitrogens with one attached hydrogen (secondary N) is 2. The Morgan fingerprint density at radius 1 is 1.21 bits per heavy atom. The molecule has 1 aromatic carbocycles. The van der Waals surface area contributed by atoms with Gasteiger partial charge in [0.15, 0.2) is 0 Å². The van der Waals surface area contributed by atoms with Gasteiger partial charge in [-0.3, -0.25) is 9.36 Å². The molecule has 0 radical (unpaired) electrons. The number of imidazole rings is 1. The van der Waals surface area contributed by atoms with Crippen molar-refractivity contribution in [1.82, 2.24) is 14.9 Å². The van der Waals surface area contributed by atoms with Gasteiger partial charge in [0.2, 0.25) is 5.91 Å². The van der Waals surface area contributed by atoms with Gasteiger partial charge in [-0.1, -0.05) is 45.2 Å². The summed E-state index contributed by atoms with van der Waals surface area (Å²) in [5.74, 6) is -0.487. The Hall–Kier alpha value is -2.57. The molecule has 1 fully saturated rings. The lowest BCUT2D eigenvalue weighted by molar-refractivity contribution is -0.150. The number of nitrogens with zero attached hydrogens (tertiary/aromatic N) is 1. The highest BCUT2D eigenvalue weighted by Crippen LogP contribution is 2.24. The first-order valence-corrected chi connectivity index (χ1v) is 10.6. The second-order valence-electron chi connectivity index (χ2n) is 8.19. The maximum Gasteiger partial charge on any atom is 0.328 e. The van der Waals surface area contributed by atoms with E-state index in [0.29, 0.717) is 13.0 Å². The molecule has 7 heteroatoms. The molecule has 1 aliphatic carbocycles. The molecule has 1 amide bonds. The van der Waals surface area contributed by atoms with Crippen LogP contribution in [-0.2, 0) is 20.9 Å². The van der Waals surface area contributed by atoms with Crippen molar-refractivity contribution in [2.75, 3.05) is 6.61 Å². The summed E-state index contributed by atoms with van der Waals surface area (Å²) in [6.45, 7) is 4.46. The van der Waals surface area contributed by atoms with Crippen LogP contribution in [0.5, 0.6) is 0 Å². The van der Waals surface area contributed by atoms with Gasteiger partial charge in [-0.25, -0.2) is 9.59 Å². The van der Waals surface area contributed by atoms with Crippen molar-refractivity contribution >= 4 is 22.9 Å². The molecular formula is C22H31N3O4. The minimum absolute atomic E-state index is 0.00606. The molecule has 1 heterocycles. The number of hydrogen-bond donors (Lipinski definition) is 2. The lowest BCUT2D eigenvalue weighted by Crippen LogP contribution is -2.47. The number of rotatable bonds is 8. The molecule has 1 aromatic heterocycles. The molecule has 2 aromatic rings. The van der Waals surface area contributed by atoms with Crippen LogP contribution in [0.25, 0.3) is 11.0 Å². The molecule has 0 bridgehead atoms. The van der Waals surface area contributed by atoms with Crippen LogP contribution in [0.2, 0.25) is 0 Å². The molecule has 1 atom stereocenters. The van der Waals surface area contributed by atoms with Gasteiger partial charge in [0.25, 0.3) is 0 Å². The number of para-hydroxylation sites is 2. The van der Waals surface area contributed by atoms with Crippen LogP contribution in [0.15, 0.2) is 29.1 Å². The van der Waals surface area contributed by atoms with E-state index < -0.39 is 12.0 Å². The predicted octanol–water partition coefficient (Wildman–Crippen LogP) is 2.98. The van der Waals surface area contributed by atoms with E-state index in [0.717, 1.165) is 36.7 Å². The quantitative estimate of drug-likeness (QED) is 0.525. The third kappa shape index (κ3) is 5.28. The molecule has 0 spiro atoms. The van der Waals surface area contributed by atoms with Crippen LogP contribution in [0.3, 0.4) is 0 Å². The Bertz CT molecular complexity index is 893. The number of carbonyl (C=O) groups is 2. The fourth-order valence-electron chi connectivity index (χ4n) is 3.95. The molecule has 0 unspecified atom stereocenters. The number of hydrogen-bond acceptors (Lipinski definition) is 4. The summed E-state index contributed by atoms with van der Waals surface area (Å²) >= 11 is 0. The molecule has 158 valence electrons. The Morgan fingerprint density at radius 2 is 1.93 bits per heavy atom. The number of fused-ring (bicyclic) bond motifs is 1. The first-order chi connectivity index (χ1) is 14.0. The van der Waals surface area contributed by atoms with Gasteiger partial charge in [-0.15, -0.1) is 0 Å². The summed E-state index contributed by atoms with van der Waals surface area (Å²) in [5.41, 5.74) is 1.46. The highest BCUT2D eigenvalue weighted by Gasteiger charge is 2.29. The largest absolute Gasteiger partial charge is 0.464 e. The van der Waals surface area contributed by atoms with Crippen molar-refractivity contribution in [1.29, 1.82) is 0 Å². The van der Waals surface area contributed by atoms with E-state index in [2.05, 4.69) is 10.3 Å². The van der Waals surface area contributed by atoms with Crippen LogP contribution < -0.4 is 11.0 Å². The Morgan fingerprint density at radius 3 is 2.66 bits per heavy atom. The van der Waals surface area contributed by atoms with Crippen molar-refractivity contribution in [3.8, 4) is 0 Å². The normalized spacial score (nSPS) is 16.1. The number of benzene rings is 1. The molecule has 2 N–H and O–H groups in total. The number of aromatic amines is 1. The van der Waals surface area contributed by atoms with E-state index in [-0.39, 0.29) is 30.0 Å². The molecule has 1 saturated carbocycles. The summed E-state index contributed by atoms with van der Waals surface area (Å²) in [6, 6.07) is 6.86. The van der Waals surface area contributed by atoms with Crippen LogP contribution in [0.4, 0.5) is 0 Å². The monoisotopic (exact) mass is 401 g/mol. The smallest absolute Gasteiger partial charge is 0.328 e. The molecule has 3 rings (SSSR count). The van der Waals surface area contributed by atoms with Gasteiger partial charge < -0.3 is 15.0 Å². The van der Waals surface area contributed by atoms with E-state index in [4.69, 9.17) is 4.74 Å². The second-order valence-corrected chi connectivity index (χ2v) is 8.19. The number of amides is 1. The SMILES string of the molecule is CC(C)[C@H](NC(=O)C1CCCCC1)C(=O)OCCCn1c(=O)[nH]c2ccccc21. The van der Waals surface area contributed by atoms with Crippen molar-refractivity contribution in [3.05, 3.63) is 34.7 Å². The average Bonchev–Trinajstić information content (AvgIpc) is 3.04. The molecule has 7 nitrogen and oxygen atoms in total. The highest BCUT2D eigenvalue weighted by molar-refractivity contribution is 5.86. The Balaban J connectivity index is 1.50. The lowest BCUT2D eigenvalue weighted by Gasteiger charge is -2.26. The molecule has 29 heavy (non-hydrogen) atoms. The number of ether oxygens (including phenoxy) is 1. The van der Waals surface area contributed by atoms with Crippen LogP contribution in [-0.4, -0.2) is 34.1 Å². The standard InChI is InChI=1S/C22H31N3O4/c1-15(2)19(24-20(26)16-9-4-3-5-10-16)21(27)29-14-8-13-25-18-12-7-6-11-17(18)23-22(25)28/h6-7,11-12,15-16,19H,3-5,8-10,13-14H2,1-2H3,(H,23,28)(H,24,26)/t19-/m0/s1. The fourth-order valence-corrected chi connectivity index (χ4v) is 3.95. The maximum atomic E-state index is 12.5. The van der Waals surface area contributed by atoms with Gasteiger partial charge in [-0.2, -0.15) is 0 Å². The number of esters is 1. The Kier molecular flexibility index (Phi) is 7.12. The van der Waals surface area contributed by atoms with Crippen molar-refractivity contribution < 1.29 is 14.3 Å². The average molecular weight is 402 g/mol. The van der Waals surface area contributed by atoms with Crippen molar-refractivity contribution in [2.45, 2.75) is 65.0 Å². The number of H-pyrrole nitrogens is 1. The van der Waals surface area contributed by atoms with E-state index in [1.165, 1.54) is 6.42 Å². The van der Waals surface area contributed by atoms with Crippen LogP contribution in [0.1, 0.15) is 52.4 Å². The summed E-state index contributed by atoms with van der Waals surface area (Å²) < 4.78 is 7.07. The zero-order valence-corrected chi connectivity index (χ0v) is 17.3. The van der Waals surface area contributed by atoms with E-state index in [9.17, 15) is 14.4 Å². The molecule has 0 aliphatic heterocycles. The maximum absolute atomic E-state index is 12.5. The van der Waals surface area contributed by atoms with Crippen molar-refractivity contribution in [3.63, 3.8) is 0 Å². The fraction of sp³-hybridized carbons (Fsp3) is 0.591. The highest BCUT2D eigenvalue weighted by atomic mass is 16.5. The molecular weight excluding hydrogens is 370 g/mol. The predicted molar refractivity (Wildman–Crippen MR) is 111 cm³/mol. The minimum atomic E-state index is -0.639. The summed E-state index contributed by atoms with van der Waals surface area (Å²) in [4.78, 5) is 39.9.